The largest absolute Gasteiger partial charge is 0.366 e. The van der Waals surface area contributed by atoms with Gasteiger partial charge in [-0.25, -0.2) is 0 Å². The molecule has 2 aliphatic heterocycles. The van der Waals surface area contributed by atoms with Gasteiger partial charge in [0.1, 0.15) is 0 Å². The van der Waals surface area contributed by atoms with Crippen molar-refractivity contribution >= 4 is 36.4 Å². The molecule has 6 heteroatoms. The molecule has 0 bridgehead atoms. The first-order chi connectivity index (χ1) is 11.6. The van der Waals surface area contributed by atoms with Gasteiger partial charge in [0.25, 0.3) is 0 Å². The predicted molar refractivity (Wildman–Crippen MR) is 114 cm³/mol. The molecule has 2 atom stereocenters. The van der Waals surface area contributed by atoms with Gasteiger partial charge in [-0.15, -0.1) is 24.8 Å². The summed E-state index contributed by atoms with van der Waals surface area (Å²) in [6.07, 6.45) is 4.18. The highest BCUT2D eigenvalue weighted by Gasteiger charge is 2.24. The Morgan fingerprint density at radius 2 is 1.92 bits per heavy atom. The van der Waals surface area contributed by atoms with Crippen LogP contribution in [0.4, 0.5) is 5.69 Å². The van der Waals surface area contributed by atoms with E-state index in [0.717, 1.165) is 32.6 Å². The fraction of sp³-hybridized carbons (Fsp3) is 0.650. The molecule has 2 N–H and O–H groups in total. The third-order valence-electron chi connectivity index (χ3n) is 5.75. The van der Waals surface area contributed by atoms with Crippen molar-refractivity contribution in [1.82, 2.24) is 10.6 Å². The zero-order valence-electron chi connectivity index (χ0n) is 15.9. The van der Waals surface area contributed by atoms with Crippen molar-refractivity contribution in [3.8, 4) is 0 Å². The number of nitrogens with zero attached hydrogens (tertiary/aromatic N) is 1. The van der Waals surface area contributed by atoms with E-state index in [4.69, 9.17) is 0 Å². The molecule has 2 heterocycles. The number of nitrogens with one attached hydrogen (secondary N) is 2. The zero-order valence-corrected chi connectivity index (χ0v) is 17.5. The Hall–Kier alpha value is -0.970. The minimum atomic E-state index is 0. The van der Waals surface area contributed by atoms with Gasteiger partial charge < -0.3 is 15.5 Å². The summed E-state index contributed by atoms with van der Waals surface area (Å²) >= 11 is 0. The summed E-state index contributed by atoms with van der Waals surface area (Å²) in [5, 5.41) is 6.56. The number of piperidine rings is 1. The van der Waals surface area contributed by atoms with Crippen molar-refractivity contribution in [2.75, 3.05) is 31.1 Å². The van der Waals surface area contributed by atoms with E-state index in [9.17, 15) is 4.79 Å². The van der Waals surface area contributed by atoms with Crippen molar-refractivity contribution in [2.45, 2.75) is 45.6 Å². The summed E-state index contributed by atoms with van der Waals surface area (Å²) < 4.78 is 0. The lowest BCUT2D eigenvalue weighted by atomic mass is 9.84. The third-order valence-corrected chi connectivity index (χ3v) is 5.75. The van der Waals surface area contributed by atoms with Crippen LogP contribution in [0.5, 0.6) is 0 Å². The van der Waals surface area contributed by atoms with Gasteiger partial charge in [0, 0.05) is 31.2 Å². The smallest absolute Gasteiger partial charge is 0.220 e. The number of fused-ring (bicyclic) bond motifs is 1. The van der Waals surface area contributed by atoms with Gasteiger partial charge in [0.2, 0.25) is 5.91 Å². The number of rotatable bonds is 6. The van der Waals surface area contributed by atoms with Crippen LogP contribution in [0.25, 0.3) is 0 Å². The van der Waals surface area contributed by atoms with Crippen LogP contribution < -0.4 is 15.5 Å². The minimum absolute atomic E-state index is 0. The van der Waals surface area contributed by atoms with E-state index in [1.165, 1.54) is 24.1 Å². The maximum atomic E-state index is 12.3. The average molecular weight is 402 g/mol. The van der Waals surface area contributed by atoms with Crippen LogP contribution in [0.3, 0.4) is 0 Å². The summed E-state index contributed by atoms with van der Waals surface area (Å²) in [6.45, 7) is 8.42. The SMILES string of the molecule is CC(CC(=O)NCC(C)N1CCc2ccccc21)C1CCNCC1.Cl.Cl. The van der Waals surface area contributed by atoms with E-state index in [1.54, 1.807) is 0 Å². The number of carbonyl (C=O) groups excluding carboxylic acids is 1. The van der Waals surface area contributed by atoms with Crippen molar-refractivity contribution in [1.29, 1.82) is 0 Å². The molecule has 0 radical (unpaired) electrons. The first-order valence-electron chi connectivity index (χ1n) is 9.47. The van der Waals surface area contributed by atoms with Gasteiger partial charge in [0.15, 0.2) is 0 Å². The second-order valence-corrected chi connectivity index (χ2v) is 7.49. The van der Waals surface area contributed by atoms with Crippen molar-refractivity contribution in [2.24, 2.45) is 11.8 Å². The summed E-state index contributed by atoms with van der Waals surface area (Å²) in [5.41, 5.74) is 2.76. The summed E-state index contributed by atoms with van der Waals surface area (Å²) in [7, 11) is 0. The average Bonchev–Trinajstić information content (AvgIpc) is 3.04. The molecule has 3 rings (SSSR count). The van der Waals surface area contributed by atoms with Crippen LogP contribution in [-0.4, -0.2) is 38.1 Å². The topological polar surface area (TPSA) is 44.4 Å². The van der Waals surface area contributed by atoms with E-state index in [0.29, 0.717) is 24.3 Å². The molecule has 0 aliphatic carbocycles. The van der Waals surface area contributed by atoms with Crippen LogP contribution in [0.1, 0.15) is 38.7 Å². The van der Waals surface area contributed by atoms with Crippen LogP contribution in [0, 0.1) is 11.8 Å². The fourth-order valence-corrected chi connectivity index (χ4v) is 4.14. The molecule has 0 saturated carbocycles. The van der Waals surface area contributed by atoms with Crippen LogP contribution >= 0.6 is 24.8 Å². The summed E-state index contributed by atoms with van der Waals surface area (Å²) in [6, 6.07) is 8.95. The number of hydrogen-bond donors (Lipinski definition) is 2. The van der Waals surface area contributed by atoms with Crippen LogP contribution in [0.2, 0.25) is 0 Å². The number of amides is 1. The molecule has 1 fully saturated rings. The van der Waals surface area contributed by atoms with Crippen molar-refractivity contribution in [3.63, 3.8) is 0 Å². The monoisotopic (exact) mass is 401 g/mol. The highest BCUT2D eigenvalue weighted by atomic mass is 35.5. The van der Waals surface area contributed by atoms with E-state index in [-0.39, 0.29) is 30.7 Å². The van der Waals surface area contributed by atoms with Gasteiger partial charge in [-0.1, -0.05) is 25.1 Å². The molecule has 1 aromatic rings. The number of anilines is 1. The van der Waals surface area contributed by atoms with Gasteiger partial charge in [0.05, 0.1) is 0 Å². The molecule has 2 aliphatic rings. The lowest BCUT2D eigenvalue weighted by Crippen LogP contribution is -2.42. The second-order valence-electron chi connectivity index (χ2n) is 7.49. The Morgan fingerprint density at radius 3 is 2.65 bits per heavy atom. The Morgan fingerprint density at radius 1 is 1.23 bits per heavy atom. The molecule has 0 spiro atoms. The lowest BCUT2D eigenvalue weighted by molar-refractivity contribution is -0.122. The standard InChI is InChI=1S/C20H31N3O.2ClH/c1-15(17-7-10-21-11-8-17)13-20(24)22-14-16(2)23-12-9-18-5-3-4-6-19(18)23;;/h3-6,15-17,21H,7-14H2,1-2H3,(H,22,24);2*1H. The fourth-order valence-electron chi connectivity index (χ4n) is 4.14. The third kappa shape index (κ3) is 5.77. The van der Waals surface area contributed by atoms with E-state index >= 15 is 0 Å². The normalized spacial score (nSPS) is 18.9. The lowest BCUT2D eigenvalue weighted by Gasteiger charge is -2.29. The quantitative estimate of drug-likeness (QED) is 0.767. The van der Waals surface area contributed by atoms with E-state index < -0.39 is 0 Å². The molecular weight excluding hydrogens is 369 g/mol. The van der Waals surface area contributed by atoms with Gasteiger partial charge in [-0.2, -0.15) is 0 Å². The first-order valence-corrected chi connectivity index (χ1v) is 9.47. The van der Waals surface area contributed by atoms with Gasteiger partial charge in [-0.05, 0) is 62.7 Å². The van der Waals surface area contributed by atoms with Crippen LogP contribution in [-0.2, 0) is 11.2 Å². The summed E-state index contributed by atoms with van der Waals surface area (Å²) in [5.74, 6) is 1.38. The van der Waals surface area contributed by atoms with E-state index in [1.807, 2.05) is 0 Å². The Kier molecular flexibility index (Phi) is 9.77. The predicted octanol–water partition coefficient (Wildman–Crippen LogP) is 3.42. The Bertz CT molecular complexity index is 564. The Labute approximate surface area is 170 Å². The highest BCUT2D eigenvalue weighted by Crippen LogP contribution is 2.29. The van der Waals surface area contributed by atoms with Gasteiger partial charge >= 0.3 is 0 Å². The second kappa shape index (κ2) is 11.0. The molecule has 148 valence electrons. The maximum absolute atomic E-state index is 12.3. The Balaban J connectivity index is 0.00000169. The summed E-state index contributed by atoms with van der Waals surface area (Å²) in [4.78, 5) is 14.7. The van der Waals surface area contributed by atoms with Gasteiger partial charge in [-0.3, -0.25) is 4.79 Å². The molecule has 4 nitrogen and oxygen atoms in total. The van der Waals surface area contributed by atoms with Crippen molar-refractivity contribution < 1.29 is 4.79 Å². The number of benzene rings is 1. The van der Waals surface area contributed by atoms with E-state index in [2.05, 4.69) is 53.6 Å². The molecule has 26 heavy (non-hydrogen) atoms. The molecule has 1 amide bonds. The maximum Gasteiger partial charge on any atom is 0.220 e. The molecular formula is C20H33Cl2N3O. The number of halogens is 2. The number of para-hydroxylation sites is 1. The minimum Gasteiger partial charge on any atom is -0.366 e. The zero-order chi connectivity index (χ0) is 16.9. The molecule has 1 aromatic carbocycles. The van der Waals surface area contributed by atoms with Crippen molar-refractivity contribution in [3.05, 3.63) is 29.8 Å². The first kappa shape index (κ1) is 23.1. The highest BCUT2D eigenvalue weighted by molar-refractivity contribution is 5.85. The molecule has 2 unspecified atom stereocenters. The molecule has 0 aromatic heterocycles. The number of hydrogen-bond acceptors (Lipinski definition) is 3. The van der Waals surface area contributed by atoms with Crippen LogP contribution in [0.15, 0.2) is 24.3 Å². The number of carbonyl (C=O) groups is 1. The molecule has 1 saturated heterocycles.